The number of rotatable bonds is 9. The second-order valence-corrected chi connectivity index (χ2v) is 4.09. The van der Waals surface area contributed by atoms with Crippen LogP contribution in [0.3, 0.4) is 0 Å². The number of nitrogens with one attached hydrogen (secondary N) is 3. The van der Waals surface area contributed by atoms with Gasteiger partial charge in [0, 0.05) is 31.9 Å². The molecule has 4 nitrogen and oxygen atoms in total. The summed E-state index contributed by atoms with van der Waals surface area (Å²) in [5, 5.41) is 9.85. The SMILES string of the molecule is CCC/C(=C/CCN=C(NCC)NCC)NCC. The van der Waals surface area contributed by atoms with Crippen molar-refractivity contribution in [2.45, 2.75) is 47.0 Å². The molecule has 18 heavy (non-hydrogen) atoms. The summed E-state index contributed by atoms with van der Waals surface area (Å²) < 4.78 is 0. The summed E-state index contributed by atoms with van der Waals surface area (Å²) in [6.07, 6.45) is 5.57. The summed E-state index contributed by atoms with van der Waals surface area (Å²) in [6, 6.07) is 0. The van der Waals surface area contributed by atoms with Gasteiger partial charge in [-0.1, -0.05) is 19.4 Å². The third kappa shape index (κ3) is 8.90. The van der Waals surface area contributed by atoms with Crippen LogP contribution >= 0.6 is 0 Å². The van der Waals surface area contributed by atoms with Crippen LogP contribution in [0.4, 0.5) is 0 Å². The Kier molecular flexibility index (Phi) is 11.5. The van der Waals surface area contributed by atoms with E-state index >= 15 is 0 Å². The molecule has 0 aliphatic heterocycles. The molecule has 0 heterocycles. The maximum Gasteiger partial charge on any atom is 0.191 e. The third-order valence-corrected chi connectivity index (χ3v) is 2.40. The number of aliphatic imine (C=N–C) groups is 1. The molecular formula is C14H30N4. The number of allylic oxidation sites excluding steroid dienone is 1. The van der Waals surface area contributed by atoms with Crippen LogP contribution in [-0.4, -0.2) is 32.1 Å². The van der Waals surface area contributed by atoms with Crippen molar-refractivity contribution in [1.29, 1.82) is 0 Å². The highest BCUT2D eigenvalue weighted by molar-refractivity contribution is 5.79. The van der Waals surface area contributed by atoms with E-state index in [0.29, 0.717) is 0 Å². The molecule has 0 bridgehead atoms. The molecule has 0 spiro atoms. The van der Waals surface area contributed by atoms with E-state index in [9.17, 15) is 0 Å². The average Bonchev–Trinajstić information content (AvgIpc) is 2.35. The van der Waals surface area contributed by atoms with Gasteiger partial charge in [0.1, 0.15) is 0 Å². The van der Waals surface area contributed by atoms with Crippen LogP contribution in [0, 0.1) is 0 Å². The first kappa shape index (κ1) is 16.8. The van der Waals surface area contributed by atoms with Crippen LogP contribution in [0.15, 0.2) is 16.8 Å². The van der Waals surface area contributed by atoms with Crippen molar-refractivity contribution in [3.63, 3.8) is 0 Å². The van der Waals surface area contributed by atoms with Crippen LogP contribution in [0.5, 0.6) is 0 Å². The van der Waals surface area contributed by atoms with Gasteiger partial charge < -0.3 is 16.0 Å². The number of hydrogen-bond acceptors (Lipinski definition) is 2. The topological polar surface area (TPSA) is 48.5 Å². The summed E-state index contributed by atoms with van der Waals surface area (Å²) in [7, 11) is 0. The zero-order valence-corrected chi connectivity index (χ0v) is 12.5. The molecule has 0 radical (unpaired) electrons. The van der Waals surface area contributed by atoms with Crippen LogP contribution in [-0.2, 0) is 0 Å². The van der Waals surface area contributed by atoms with Crippen LogP contribution in [0.2, 0.25) is 0 Å². The first-order valence-electron chi connectivity index (χ1n) is 7.23. The van der Waals surface area contributed by atoms with Gasteiger partial charge in [-0.05, 0) is 33.6 Å². The number of hydrogen-bond donors (Lipinski definition) is 3. The van der Waals surface area contributed by atoms with Crippen molar-refractivity contribution in [3.8, 4) is 0 Å². The highest BCUT2D eigenvalue weighted by Crippen LogP contribution is 2.02. The molecule has 0 amide bonds. The predicted molar refractivity (Wildman–Crippen MR) is 80.9 cm³/mol. The van der Waals surface area contributed by atoms with Crippen molar-refractivity contribution in [2.75, 3.05) is 26.2 Å². The van der Waals surface area contributed by atoms with Gasteiger partial charge in [-0.2, -0.15) is 0 Å². The Morgan fingerprint density at radius 2 is 1.56 bits per heavy atom. The van der Waals surface area contributed by atoms with Gasteiger partial charge in [-0.25, -0.2) is 0 Å². The smallest absolute Gasteiger partial charge is 0.191 e. The molecule has 0 aliphatic carbocycles. The van der Waals surface area contributed by atoms with Gasteiger partial charge in [0.25, 0.3) is 0 Å². The minimum absolute atomic E-state index is 0.827. The van der Waals surface area contributed by atoms with E-state index in [1.165, 1.54) is 12.1 Å². The van der Waals surface area contributed by atoms with E-state index in [0.717, 1.165) is 45.0 Å². The van der Waals surface area contributed by atoms with Gasteiger partial charge in [0.05, 0.1) is 0 Å². The number of nitrogens with zero attached hydrogens (tertiary/aromatic N) is 1. The Morgan fingerprint density at radius 1 is 0.944 bits per heavy atom. The van der Waals surface area contributed by atoms with E-state index in [1.54, 1.807) is 0 Å². The lowest BCUT2D eigenvalue weighted by atomic mass is 10.2. The second-order valence-electron chi connectivity index (χ2n) is 4.09. The molecule has 0 saturated heterocycles. The molecule has 4 heteroatoms. The molecule has 0 aromatic heterocycles. The Hall–Kier alpha value is -1.19. The largest absolute Gasteiger partial charge is 0.389 e. The van der Waals surface area contributed by atoms with Gasteiger partial charge in [-0.15, -0.1) is 0 Å². The lowest BCUT2D eigenvalue weighted by Gasteiger charge is -2.09. The van der Waals surface area contributed by atoms with E-state index in [2.05, 4.69) is 54.7 Å². The van der Waals surface area contributed by atoms with E-state index in [-0.39, 0.29) is 0 Å². The normalized spacial score (nSPS) is 11.0. The minimum Gasteiger partial charge on any atom is -0.389 e. The molecule has 0 rings (SSSR count). The van der Waals surface area contributed by atoms with Crippen molar-refractivity contribution in [2.24, 2.45) is 4.99 Å². The second kappa shape index (κ2) is 12.3. The Bertz CT molecular complexity index is 204. The first-order chi connectivity index (χ1) is 8.78. The molecule has 0 atom stereocenters. The predicted octanol–water partition coefficient (Wildman–Crippen LogP) is 2.25. The molecular weight excluding hydrogens is 224 g/mol. The molecule has 0 aromatic rings. The van der Waals surface area contributed by atoms with E-state index < -0.39 is 0 Å². The van der Waals surface area contributed by atoms with Gasteiger partial charge in [0.15, 0.2) is 5.96 Å². The van der Waals surface area contributed by atoms with Gasteiger partial charge >= 0.3 is 0 Å². The maximum atomic E-state index is 4.52. The van der Waals surface area contributed by atoms with Gasteiger partial charge in [-0.3, -0.25) is 4.99 Å². The highest BCUT2D eigenvalue weighted by atomic mass is 15.2. The fourth-order valence-electron chi connectivity index (χ4n) is 1.68. The first-order valence-corrected chi connectivity index (χ1v) is 7.23. The molecule has 3 N–H and O–H groups in total. The van der Waals surface area contributed by atoms with Crippen molar-refractivity contribution in [3.05, 3.63) is 11.8 Å². The van der Waals surface area contributed by atoms with Crippen molar-refractivity contribution >= 4 is 5.96 Å². The monoisotopic (exact) mass is 254 g/mol. The highest BCUT2D eigenvalue weighted by Gasteiger charge is 1.95. The third-order valence-electron chi connectivity index (χ3n) is 2.40. The van der Waals surface area contributed by atoms with Crippen molar-refractivity contribution < 1.29 is 0 Å². The molecule has 106 valence electrons. The Balaban J connectivity index is 4.10. The Labute approximate surface area is 112 Å². The maximum absolute atomic E-state index is 4.52. The standard InChI is InChI=1S/C14H30N4/c1-5-10-13(15-6-2)11-9-12-18-14(16-7-3)17-8-4/h11,15H,5-10,12H2,1-4H3,(H2,16,17,18)/b13-11-. The lowest BCUT2D eigenvalue weighted by molar-refractivity contribution is 0.750. The molecule has 0 aromatic carbocycles. The summed E-state index contributed by atoms with van der Waals surface area (Å²) >= 11 is 0. The average molecular weight is 254 g/mol. The summed E-state index contributed by atoms with van der Waals surface area (Å²) in [4.78, 5) is 4.52. The fourth-order valence-corrected chi connectivity index (χ4v) is 1.68. The van der Waals surface area contributed by atoms with Crippen LogP contribution in [0.25, 0.3) is 0 Å². The quantitative estimate of drug-likeness (QED) is 0.336. The number of guanidine groups is 1. The lowest BCUT2D eigenvalue weighted by Crippen LogP contribution is -2.37. The summed E-state index contributed by atoms with van der Waals surface area (Å²) in [5.41, 5.74) is 1.35. The fraction of sp³-hybridized carbons (Fsp3) is 0.786. The zero-order chi connectivity index (χ0) is 13.6. The summed E-state index contributed by atoms with van der Waals surface area (Å²) in [5.74, 6) is 0.911. The summed E-state index contributed by atoms with van der Waals surface area (Å²) in [6.45, 7) is 12.1. The molecule has 0 fully saturated rings. The van der Waals surface area contributed by atoms with Crippen LogP contribution < -0.4 is 16.0 Å². The molecule has 0 saturated carbocycles. The van der Waals surface area contributed by atoms with Crippen LogP contribution in [0.1, 0.15) is 47.0 Å². The zero-order valence-electron chi connectivity index (χ0n) is 12.5. The minimum atomic E-state index is 0.827. The van der Waals surface area contributed by atoms with E-state index in [4.69, 9.17) is 0 Å². The van der Waals surface area contributed by atoms with Crippen molar-refractivity contribution in [1.82, 2.24) is 16.0 Å². The molecule has 0 unspecified atom stereocenters. The van der Waals surface area contributed by atoms with Gasteiger partial charge in [0.2, 0.25) is 0 Å². The van der Waals surface area contributed by atoms with E-state index in [1.807, 2.05) is 0 Å². The molecule has 0 aliphatic rings. The Morgan fingerprint density at radius 3 is 2.06 bits per heavy atom.